The van der Waals surface area contributed by atoms with Crippen molar-refractivity contribution in [2.24, 2.45) is 0 Å². The van der Waals surface area contributed by atoms with Crippen LogP contribution in [0, 0.1) is 0 Å². The molecular formula is C13H4Cl3F6N. The van der Waals surface area contributed by atoms with Gasteiger partial charge < -0.3 is 0 Å². The maximum atomic E-state index is 12.9. The molecule has 1 heterocycles. The third-order valence-corrected chi connectivity index (χ3v) is 4.10. The van der Waals surface area contributed by atoms with E-state index in [1.807, 2.05) is 0 Å². The first-order chi connectivity index (χ1) is 10.4. The van der Waals surface area contributed by atoms with Crippen LogP contribution in [0.25, 0.3) is 11.1 Å². The molecule has 2 rings (SSSR count). The zero-order chi connectivity index (χ0) is 17.6. The molecule has 0 fully saturated rings. The van der Waals surface area contributed by atoms with Crippen LogP contribution in [0.2, 0.25) is 15.1 Å². The maximum Gasteiger partial charge on any atom is 0.433 e. The van der Waals surface area contributed by atoms with Crippen LogP contribution in [0.15, 0.2) is 24.4 Å². The lowest BCUT2D eigenvalue weighted by molar-refractivity contribution is -0.164. The second-order valence-corrected chi connectivity index (χ2v) is 5.50. The molecule has 0 aliphatic rings. The van der Waals surface area contributed by atoms with Crippen molar-refractivity contribution in [2.75, 3.05) is 0 Å². The number of hydrogen-bond acceptors (Lipinski definition) is 1. The Kier molecular flexibility index (Phi) is 4.76. The Morgan fingerprint density at radius 3 is 1.96 bits per heavy atom. The predicted molar refractivity (Wildman–Crippen MR) is 74.7 cm³/mol. The number of nitrogens with zero attached hydrogens (tertiary/aromatic N) is 1. The van der Waals surface area contributed by atoms with Gasteiger partial charge in [-0.05, 0) is 12.1 Å². The fourth-order valence-corrected chi connectivity index (χ4v) is 2.45. The number of aromatic nitrogens is 1. The topological polar surface area (TPSA) is 12.9 Å². The second kappa shape index (κ2) is 6.03. The highest BCUT2D eigenvalue weighted by Gasteiger charge is 2.44. The van der Waals surface area contributed by atoms with E-state index < -0.39 is 23.6 Å². The van der Waals surface area contributed by atoms with Crippen LogP contribution in [0.4, 0.5) is 26.3 Å². The van der Waals surface area contributed by atoms with Crippen LogP contribution >= 0.6 is 34.8 Å². The number of pyridine rings is 1. The first-order valence-electron chi connectivity index (χ1n) is 5.71. The Labute approximate surface area is 140 Å². The summed E-state index contributed by atoms with van der Waals surface area (Å²) < 4.78 is 76.7. The third-order valence-electron chi connectivity index (χ3n) is 2.81. The highest BCUT2D eigenvalue weighted by atomic mass is 35.5. The van der Waals surface area contributed by atoms with Gasteiger partial charge in [-0.25, -0.2) is 0 Å². The lowest BCUT2D eigenvalue weighted by Gasteiger charge is -2.16. The van der Waals surface area contributed by atoms with Gasteiger partial charge in [-0.3, -0.25) is 4.98 Å². The quantitative estimate of drug-likeness (QED) is 0.385. The summed E-state index contributed by atoms with van der Waals surface area (Å²) in [5.74, 6) is 0. The van der Waals surface area contributed by atoms with Gasteiger partial charge in [-0.1, -0.05) is 40.9 Å². The number of alkyl halides is 6. The highest BCUT2D eigenvalue weighted by molar-refractivity contribution is 6.49. The predicted octanol–water partition coefficient (Wildman–Crippen LogP) is 6.75. The standard InChI is InChI=1S/C13H4Cl3F6N/c14-8-2-1-6(9(15)10(8)16)5-3-7(12(17,18)19)11(23-4-5)13(20,21)22/h1-4H. The zero-order valence-corrected chi connectivity index (χ0v) is 12.9. The lowest BCUT2D eigenvalue weighted by atomic mass is 10.0. The smallest absolute Gasteiger partial charge is 0.251 e. The van der Waals surface area contributed by atoms with Crippen LogP contribution in [0.1, 0.15) is 11.3 Å². The summed E-state index contributed by atoms with van der Waals surface area (Å²) in [6, 6.07) is 2.82. The minimum atomic E-state index is -5.25. The van der Waals surface area contributed by atoms with Crippen molar-refractivity contribution in [1.29, 1.82) is 0 Å². The number of rotatable bonds is 1. The van der Waals surface area contributed by atoms with E-state index in [-0.39, 0.29) is 26.2 Å². The average Bonchev–Trinajstić information content (AvgIpc) is 2.42. The van der Waals surface area contributed by atoms with Crippen molar-refractivity contribution in [2.45, 2.75) is 12.4 Å². The van der Waals surface area contributed by atoms with Crippen LogP contribution in [-0.4, -0.2) is 4.98 Å². The van der Waals surface area contributed by atoms with Gasteiger partial charge in [-0.15, -0.1) is 0 Å². The number of halogens is 9. The fourth-order valence-electron chi connectivity index (χ4n) is 1.80. The monoisotopic (exact) mass is 393 g/mol. The van der Waals surface area contributed by atoms with Gasteiger partial charge in [0.15, 0.2) is 5.69 Å². The molecule has 0 amide bonds. The Bertz CT molecular complexity index is 755. The van der Waals surface area contributed by atoms with Crippen molar-refractivity contribution in [3.63, 3.8) is 0 Å². The molecule has 1 aromatic heterocycles. The van der Waals surface area contributed by atoms with E-state index in [1.54, 1.807) is 0 Å². The summed E-state index contributed by atoms with van der Waals surface area (Å²) in [6.45, 7) is 0. The van der Waals surface area contributed by atoms with Gasteiger partial charge in [0.25, 0.3) is 0 Å². The molecule has 0 unspecified atom stereocenters. The Morgan fingerprint density at radius 1 is 0.826 bits per heavy atom. The highest BCUT2D eigenvalue weighted by Crippen LogP contribution is 2.43. The first-order valence-corrected chi connectivity index (χ1v) is 6.84. The van der Waals surface area contributed by atoms with Gasteiger partial charge in [-0.2, -0.15) is 26.3 Å². The summed E-state index contributed by atoms with van der Waals surface area (Å²) in [5.41, 5.74) is -4.23. The van der Waals surface area contributed by atoms with Crippen molar-refractivity contribution in [3.05, 3.63) is 50.7 Å². The number of hydrogen-bond donors (Lipinski definition) is 0. The zero-order valence-electron chi connectivity index (χ0n) is 10.7. The van der Waals surface area contributed by atoms with Gasteiger partial charge in [0.05, 0.1) is 20.6 Å². The molecular weight excluding hydrogens is 390 g/mol. The fraction of sp³-hybridized carbons (Fsp3) is 0.154. The van der Waals surface area contributed by atoms with Crippen LogP contribution < -0.4 is 0 Å². The average molecular weight is 395 g/mol. The van der Waals surface area contributed by atoms with Gasteiger partial charge in [0, 0.05) is 17.3 Å². The summed E-state index contributed by atoms with van der Waals surface area (Å²) in [5, 5.41) is -0.260. The number of benzene rings is 1. The molecule has 0 aliphatic heterocycles. The van der Waals surface area contributed by atoms with Crippen LogP contribution in [0.5, 0.6) is 0 Å². The van der Waals surface area contributed by atoms with E-state index in [0.717, 1.165) is 0 Å². The summed E-state index contributed by atoms with van der Waals surface area (Å²) >= 11 is 17.4. The molecule has 0 spiro atoms. The van der Waals surface area contributed by atoms with Crippen molar-refractivity contribution >= 4 is 34.8 Å². The lowest BCUT2D eigenvalue weighted by Crippen LogP contribution is -2.18. The second-order valence-electron chi connectivity index (χ2n) is 4.34. The maximum absolute atomic E-state index is 12.9. The van der Waals surface area contributed by atoms with E-state index in [2.05, 4.69) is 4.98 Å². The first kappa shape index (κ1) is 18.2. The minimum absolute atomic E-state index is 0.0206. The van der Waals surface area contributed by atoms with Crippen LogP contribution in [-0.2, 0) is 12.4 Å². The SMILES string of the molecule is FC(F)(F)c1cc(-c2ccc(Cl)c(Cl)c2Cl)cnc1C(F)(F)F. The molecule has 0 atom stereocenters. The summed E-state index contributed by atoms with van der Waals surface area (Å²) in [6.07, 6.45) is -9.84. The Balaban J connectivity index is 2.70. The van der Waals surface area contributed by atoms with E-state index >= 15 is 0 Å². The molecule has 0 radical (unpaired) electrons. The minimum Gasteiger partial charge on any atom is -0.251 e. The van der Waals surface area contributed by atoms with E-state index in [0.29, 0.717) is 12.3 Å². The molecule has 23 heavy (non-hydrogen) atoms. The van der Waals surface area contributed by atoms with Gasteiger partial charge in [0.1, 0.15) is 0 Å². The molecule has 0 bridgehead atoms. The van der Waals surface area contributed by atoms with E-state index in [1.165, 1.54) is 12.1 Å². The molecule has 0 saturated heterocycles. The third kappa shape index (κ3) is 3.67. The van der Waals surface area contributed by atoms with E-state index in [4.69, 9.17) is 34.8 Å². The molecule has 124 valence electrons. The molecule has 0 N–H and O–H groups in total. The summed E-state index contributed by atoms with van der Waals surface area (Å²) in [7, 11) is 0. The Morgan fingerprint density at radius 2 is 1.43 bits per heavy atom. The van der Waals surface area contributed by atoms with Crippen molar-refractivity contribution in [1.82, 2.24) is 4.98 Å². The van der Waals surface area contributed by atoms with Crippen molar-refractivity contribution < 1.29 is 26.3 Å². The van der Waals surface area contributed by atoms with Crippen molar-refractivity contribution in [3.8, 4) is 11.1 Å². The normalized spacial score (nSPS) is 12.6. The molecule has 2 aromatic rings. The Hall–Kier alpha value is -1.18. The van der Waals surface area contributed by atoms with Crippen LogP contribution in [0.3, 0.4) is 0 Å². The summed E-state index contributed by atoms with van der Waals surface area (Å²) in [4.78, 5) is 2.91. The van der Waals surface area contributed by atoms with Gasteiger partial charge >= 0.3 is 12.4 Å². The van der Waals surface area contributed by atoms with Gasteiger partial charge in [0.2, 0.25) is 0 Å². The van der Waals surface area contributed by atoms with E-state index in [9.17, 15) is 26.3 Å². The molecule has 10 heteroatoms. The molecule has 1 nitrogen and oxygen atoms in total. The molecule has 0 saturated carbocycles. The largest absolute Gasteiger partial charge is 0.433 e. The molecule has 1 aromatic carbocycles. The molecule has 0 aliphatic carbocycles.